The number of nitrogens with one attached hydrogen (secondary N) is 1. The molecule has 0 aliphatic carbocycles. The molecule has 0 fully saturated rings. The summed E-state index contributed by atoms with van der Waals surface area (Å²) in [6.45, 7) is 0.553. The molecule has 1 amide bonds. The standard InChI is InChI=1S/C23H20N6O/c24-20-5-1-2-6-21(20)28-23(30)18-9-7-17(8-10-18)16-29(19-4-3-11-25-14-19)22-15-26-12-13-27-22/h1-15H,16,24H2,(H,28,30). The first-order chi connectivity index (χ1) is 14.7. The minimum absolute atomic E-state index is 0.211. The predicted octanol–water partition coefficient (Wildman–Crippen LogP) is 4.04. The summed E-state index contributed by atoms with van der Waals surface area (Å²) in [5.74, 6) is 0.504. The number of amides is 1. The fourth-order valence-corrected chi connectivity index (χ4v) is 3.00. The molecule has 2 aromatic heterocycles. The molecule has 7 heteroatoms. The lowest BCUT2D eigenvalue weighted by molar-refractivity contribution is 0.102. The van der Waals surface area contributed by atoms with Gasteiger partial charge in [-0.1, -0.05) is 24.3 Å². The molecule has 0 saturated carbocycles. The van der Waals surface area contributed by atoms with Gasteiger partial charge in [0.05, 0.1) is 29.5 Å². The predicted molar refractivity (Wildman–Crippen MR) is 117 cm³/mol. The zero-order valence-electron chi connectivity index (χ0n) is 16.1. The lowest BCUT2D eigenvalue weighted by Crippen LogP contribution is -2.18. The Balaban J connectivity index is 1.53. The number of nitrogen functional groups attached to an aromatic ring is 1. The zero-order valence-corrected chi connectivity index (χ0v) is 16.1. The smallest absolute Gasteiger partial charge is 0.255 e. The summed E-state index contributed by atoms with van der Waals surface area (Å²) in [4.78, 5) is 27.3. The Kier molecular flexibility index (Phi) is 5.61. The zero-order chi connectivity index (χ0) is 20.8. The maximum absolute atomic E-state index is 12.5. The number of hydrogen-bond donors (Lipinski definition) is 2. The van der Waals surface area contributed by atoms with E-state index in [1.54, 1.807) is 55.2 Å². The molecular weight excluding hydrogens is 376 g/mol. The molecule has 4 rings (SSSR count). The quantitative estimate of drug-likeness (QED) is 0.477. The third-order valence-electron chi connectivity index (χ3n) is 4.55. The van der Waals surface area contributed by atoms with E-state index < -0.39 is 0 Å². The Morgan fingerprint density at radius 2 is 1.70 bits per heavy atom. The Bertz CT molecular complexity index is 1080. The van der Waals surface area contributed by atoms with Crippen molar-refractivity contribution in [2.24, 2.45) is 0 Å². The molecule has 4 aromatic rings. The summed E-state index contributed by atoms with van der Waals surface area (Å²) in [6.07, 6.45) is 8.50. The number of anilines is 4. The Labute approximate surface area is 174 Å². The van der Waals surface area contributed by atoms with Crippen LogP contribution in [0.25, 0.3) is 0 Å². The summed E-state index contributed by atoms with van der Waals surface area (Å²) in [6, 6.07) is 18.4. The Morgan fingerprint density at radius 3 is 2.40 bits per heavy atom. The van der Waals surface area contributed by atoms with Gasteiger partial charge in [0, 0.05) is 30.7 Å². The van der Waals surface area contributed by atoms with Gasteiger partial charge >= 0.3 is 0 Å². The molecular formula is C23H20N6O. The molecule has 0 radical (unpaired) electrons. The molecule has 7 nitrogen and oxygen atoms in total. The number of para-hydroxylation sites is 2. The van der Waals surface area contributed by atoms with Gasteiger partial charge in [-0.3, -0.25) is 14.8 Å². The Morgan fingerprint density at radius 1 is 0.900 bits per heavy atom. The summed E-state index contributed by atoms with van der Waals surface area (Å²) < 4.78 is 0. The molecule has 30 heavy (non-hydrogen) atoms. The number of rotatable bonds is 6. The number of nitrogens with zero attached hydrogens (tertiary/aromatic N) is 4. The van der Waals surface area contributed by atoms with Gasteiger partial charge in [0.2, 0.25) is 0 Å². The van der Waals surface area contributed by atoms with Crippen LogP contribution < -0.4 is 16.0 Å². The van der Waals surface area contributed by atoms with Gasteiger partial charge < -0.3 is 16.0 Å². The highest BCUT2D eigenvalue weighted by molar-refractivity contribution is 6.05. The van der Waals surface area contributed by atoms with Gasteiger partial charge in [0.15, 0.2) is 5.82 Å². The van der Waals surface area contributed by atoms with Gasteiger partial charge in [-0.05, 0) is 42.0 Å². The third kappa shape index (κ3) is 4.41. The molecule has 0 aliphatic rings. The van der Waals surface area contributed by atoms with Gasteiger partial charge in [0.25, 0.3) is 5.91 Å². The Hall–Kier alpha value is -4.26. The number of carbonyl (C=O) groups is 1. The first-order valence-electron chi connectivity index (χ1n) is 9.39. The highest BCUT2D eigenvalue weighted by atomic mass is 16.1. The number of aromatic nitrogens is 3. The van der Waals surface area contributed by atoms with E-state index in [0.29, 0.717) is 29.3 Å². The van der Waals surface area contributed by atoms with Crippen LogP contribution in [0.2, 0.25) is 0 Å². The van der Waals surface area contributed by atoms with E-state index in [2.05, 4.69) is 20.3 Å². The van der Waals surface area contributed by atoms with Crippen molar-refractivity contribution >= 4 is 28.8 Å². The molecule has 148 valence electrons. The van der Waals surface area contributed by atoms with Crippen molar-refractivity contribution < 1.29 is 4.79 Å². The minimum Gasteiger partial charge on any atom is -0.397 e. The largest absolute Gasteiger partial charge is 0.397 e. The highest BCUT2D eigenvalue weighted by Crippen LogP contribution is 2.24. The van der Waals surface area contributed by atoms with E-state index in [4.69, 9.17) is 5.73 Å². The molecule has 2 heterocycles. The summed E-state index contributed by atoms with van der Waals surface area (Å²) in [5.41, 5.74) is 9.49. The average molecular weight is 396 g/mol. The number of pyridine rings is 1. The van der Waals surface area contributed by atoms with E-state index in [-0.39, 0.29) is 5.91 Å². The molecule has 0 bridgehead atoms. The average Bonchev–Trinajstić information content (AvgIpc) is 2.80. The summed E-state index contributed by atoms with van der Waals surface area (Å²) in [5, 5.41) is 2.84. The first kappa shape index (κ1) is 19.1. The fourth-order valence-electron chi connectivity index (χ4n) is 3.00. The van der Waals surface area contributed by atoms with Crippen molar-refractivity contribution in [3.8, 4) is 0 Å². The van der Waals surface area contributed by atoms with E-state index in [0.717, 1.165) is 11.3 Å². The third-order valence-corrected chi connectivity index (χ3v) is 4.55. The minimum atomic E-state index is -0.211. The van der Waals surface area contributed by atoms with Crippen molar-refractivity contribution in [1.29, 1.82) is 0 Å². The van der Waals surface area contributed by atoms with Gasteiger partial charge in [-0.2, -0.15) is 0 Å². The van der Waals surface area contributed by atoms with Crippen molar-refractivity contribution in [3.63, 3.8) is 0 Å². The molecule has 0 unspecified atom stereocenters. The molecule has 3 N–H and O–H groups in total. The lowest BCUT2D eigenvalue weighted by atomic mass is 10.1. The number of hydrogen-bond acceptors (Lipinski definition) is 6. The van der Waals surface area contributed by atoms with E-state index >= 15 is 0 Å². The van der Waals surface area contributed by atoms with Crippen LogP contribution in [0.3, 0.4) is 0 Å². The molecule has 0 spiro atoms. The summed E-state index contributed by atoms with van der Waals surface area (Å²) >= 11 is 0. The molecule has 2 aromatic carbocycles. The maximum atomic E-state index is 12.5. The number of carbonyl (C=O) groups excluding carboxylic acids is 1. The second kappa shape index (κ2) is 8.83. The van der Waals surface area contributed by atoms with E-state index in [1.807, 2.05) is 41.3 Å². The molecule has 0 aliphatic heterocycles. The van der Waals surface area contributed by atoms with Gasteiger partial charge in [-0.25, -0.2) is 4.98 Å². The highest BCUT2D eigenvalue weighted by Gasteiger charge is 2.13. The van der Waals surface area contributed by atoms with E-state index in [9.17, 15) is 4.79 Å². The normalized spacial score (nSPS) is 10.4. The van der Waals surface area contributed by atoms with Crippen molar-refractivity contribution in [2.45, 2.75) is 6.54 Å². The molecule has 0 saturated heterocycles. The van der Waals surface area contributed by atoms with Crippen molar-refractivity contribution in [3.05, 3.63) is 103 Å². The first-order valence-corrected chi connectivity index (χ1v) is 9.39. The maximum Gasteiger partial charge on any atom is 0.255 e. The van der Waals surface area contributed by atoms with Crippen LogP contribution in [0.4, 0.5) is 22.9 Å². The monoisotopic (exact) mass is 396 g/mol. The topological polar surface area (TPSA) is 97.0 Å². The van der Waals surface area contributed by atoms with Crippen LogP contribution in [-0.4, -0.2) is 20.9 Å². The van der Waals surface area contributed by atoms with Crippen LogP contribution in [0.1, 0.15) is 15.9 Å². The SMILES string of the molecule is Nc1ccccc1NC(=O)c1ccc(CN(c2cccnc2)c2cnccn2)cc1. The van der Waals surface area contributed by atoms with Gasteiger partial charge in [-0.15, -0.1) is 0 Å². The number of nitrogens with two attached hydrogens (primary N) is 1. The van der Waals surface area contributed by atoms with Crippen LogP contribution in [0.5, 0.6) is 0 Å². The summed E-state index contributed by atoms with van der Waals surface area (Å²) in [7, 11) is 0. The second-order valence-electron chi connectivity index (χ2n) is 6.60. The van der Waals surface area contributed by atoms with Crippen LogP contribution in [0, 0.1) is 0 Å². The second-order valence-corrected chi connectivity index (χ2v) is 6.60. The molecule has 0 atom stereocenters. The van der Waals surface area contributed by atoms with Crippen LogP contribution >= 0.6 is 0 Å². The van der Waals surface area contributed by atoms with E-state index in [1.165, 1.54) is 0 Å². The lowest BCUT2D eigenvalue weighted by Gasteiger charge is -2.23. The van der Waals surface area contributed by atoms with Gasteiger partial charge in [0.1, 0.15) is 0 Å². The van der Waals surface area contributed by atoms with Crippen LogP contribution in [-0.2, 0) is 6.54 Å². The van der Waals surface area contributed by atoms with Crippen molar-refractivity contribution in [1.82, 2.24) is 15.0 Å². The van der Waals surface area contributed by atoms with Crippen molar-refractivity contribution in [2.75, 3.05) is 16.0 Å². The fraction of sp³-hybridized carbons (Fsp3) is 0.0435. The number of benzene rings is 2. The van der Waals surface area contributed by atoms with Crippen LogP contribution in [0.15, 0.2) is 91.6 Å².